The smallest absolute Gasteiger partial charge is 0.250 e. The lowest BCUT2D eigenvalue weighted by Gasteiger charge is -2.33. The van der Waals surface area contributed by atoms with Crippen LogP contribution in [0.5, 0.6) is 5.88 Å². The van der Waals surface area contributed by atoms with E-state index in [1.165, 1.54) is 12.3 Å². The first-order valence-electron chi connectivity index (χ1n) is 7.49. The number of piperidine rings is 1. The summed E-state index contributed by atoms with van der Waals surface area (Å²) in [6.07, 6.45) is 4.79. The van der Waals surface area contributed by atoms with E-state index in [0.29, 0.717) is 12.2 Å². The Morgan fingerprint density at radius 2 is 2.22 bits per heavy atom. The van der Waals surface area contributed by atoms with Crippen molar-refractivity contribution in [2.75, 3.05) is 18.0 Å². The van der Waals surface area contributed by atoms with E-state index in [4.69, 9.17) is 4.74 Å². The fourth-order valence-corrected chi connectivity index (χ4v) is 2.75. The van der Waals surface area contributed by atoms with Gasteiger partial charge in [-0.15, -0.1) is 15.3 Å². The molecule has 8 heteroatoms. The standard InChI is InChI=1S/C15H15FN6O/c16-12-4-1-7-17-15(12)23-11-3-2-8-21(9-11)14-6-5-13-19-18-10-22(13)20-14/h1,4-7,10-11H,2-3,8-9H2/t11-/m1/s1. The summed E-state index contributed by atoms with van der Waals surface area (Å²) < 4.78 is 21.0. The van der Waals surface area contributed by atoms with Gasteiger partial charge in [-0.25, -0.2) is 9.37 Å². The summed E-state index contributed by atoms with van der Waals surface area (Å²) in [7, 11) is 0. The molecule has 0 radical (unpaired) electrons. The average molecular weight is 314 g/mol. The molecule has 1 saturated heterocycles. The van der Waals surface area contributed by atoms with Gasteiger partial charge >= 0.3 is 0 Å². The van der Waals surface area contributed by atoms with Crippen LogP contribution in [0.1, 0.15) is 12.8 Å². The Balaban J connectivity index is 1.51. The number of hydrogen-bond donors (Lipinski definition) is 0. The fourth-order valence-electron chi connectivity index (χ4n) is 2.75. The first-order valence-corrected chi connectivity index (χ1v) is 7.49. The molecule has 3 aromatic rings. The van der Waals surface area contributed by atoms with Crippen molar-refractivity contribution < 1.29 is 9.13 Å². The van der Waals surface area contributed by atoms with Crippen molar-refractivity contribution in [3.05, 3.63) is 42.6 Å². The minimum Gasteiger partial charge on any atom is -0.470 e. The van der Waals surface area contributed by atoms with Crippen molar-refractivity contribution in [3.8, 4) is 5.88 Å². The first kappa shape index (κ1) is 13.9. The van der Waals surface area contributed by atoms with Crippen LogP contribution in [0, 0.1) is 5.82 Å². The number of rotatable bonds is 3. The zero-order valence-corrected chi connectivity index (χ0v) is 12.3. The lowest BCUT2D eigenvalue weighted by atomic mass is 10.1. The average Bonchev–Trinajstić information content (AvgIpc) is 3.05. The van der Waals surface area contributed by atoms with Crippen molar-refractivity contribution in [2.24, 2.45) is 0 Å². The largest absolute Gasteiger partial charge is 0.470 e. The van der Waals surface area contributed by atoms with Crippen LogP contribution in [-0.4, -0.2) is 44.0 Å². The second-order valence-electron chi connectivity index (χ2n) is 5.44. The Labute approximate surface area is 131 Å². The van der Waals surface area contributed by atoms with Gasteiger partial charge in [0.1, 0.15) is 18.2 Å². The molecule has 0 saturated carbocycles. The molecule has 23 heavy (non-hydrogen) atoms. The zero-order valence-electron chi connectivity index (χ0n) is 12.3. The lowest BCUT2D eigenvalue weighted by molar-refractivity contribution is 0.164. The van der Waals surface area contributed by atoms with Crippen LogP contribution >= 0.6 is 0 Å². The second kappa shape index (κ2) is 5.79. The van der Waals surface area contributed by atoms with E-state index < -0.39 is 5.82 Å². The summed E-state index contributed by atoms with van der Waals surface area (Å²) >= 11 is 0. The number of pyridine rings is 1. The van der Waals surface area contributed by atoms with Crippen LogP contribution in [0.4, 0.5) is 10.2 Å². The third kappa shape index (κ3) is 2.79. The van der Waals surface area contributed by atoms with Crippen molar-refractivity contribution in [1.82, 2.24) is 24.8 Å². The molecule has 0 amide bonds. The van der Waals surface area contributed by atoms with Gasteiger partial charge in [0.25, 0.3) is 5.88 Å². The van der Waals surface area contributed by atoms with Gasteiger partial charge in [-0.2, -0.15) is 4.52 Å². The zero-order chi connectivity index (χ0) is 15.6. The third-order valence-corrected chi connectivity index (χ3v) is 3.85. The van der Waals surface area contributed by atoms with E-state index in [1.54, 1.807) is 16.9 Å². The van der Waals surface area contributed by atoms with E-state index >= 15 is 0 Å². The highest BCUT2D eigenvalue weighted by Crippen LogP contribution is 2.22. The molecule has 118 valence electrons. The number of fused-ring (bicyclic) bond motifs is 1. The quantitative estimate of drug-likeness (QED) is 0.733. The van der Waals surface area contributed by atoms with Gasteiger partial charge < -0.3 is 9.64 Å². The predicted molar refractivity (Wildman–Crippen MR) is 80.8 cm³/mol. The van der Waals surface area contributed by atoms with Gasteiger partial charge in [-0.05, 0) is 37.1 Å². The maximum atomic E-state index is 13.7. The number of nitrogens with zero attached hydrogens (tertiary/aromatic N) is 6. The van der Waals surface area contributed by atoms with Crippen molar-refractivity contribution in [3.63, 3.8) is 0 Å². The summed E-state index contributed by atoms with van der Waals surface area (Å²) in [5.74, 6) is 0.447. The van der Waals surface area contributed by atoms with Crippen LogP contribution in [0.25, 0.3) is 5.65 Å². The monoisotopic (exact) mass is 314 g/mol. The predicted octanol–water partition coefficient (Wildman–Crippen LogP) is 1.71. The molecular weight excluding hydrogens is 299 g/mol. The molecule has 0 unspecified atom stereocenters. The molecule has 0 spiro atoms. The molecule has 1 aliphatic heterocycles. The Morgan fingerprint density at radius 3 is 3.13 bits per heavy atom. The summed E-state index contributed by atoms with van der Waals surface area (Å²) in [6.45, 7) is 1.52. The molecule has 0 bridgehead atoms. The van der Waals surface area contributed by atoms with Crippen LogP contribution in [0.15, 0.2) is 36.8 Å². The highest BCUT2D eigenvalue weighted by molar-refractivity contribution is 5.45. The van der Waals surface area contributed by atoms with Gasteiger partial charge in [-0.3, -0.25) is 0 Å². The van der Waals surface area contributed by atoms with E-state index in [1.807, 2.05) is 12.1 Å². The Hall–Kier alpha value is -2.77. The minimum atomic E-state index is -0.436. The molecule has 7 nitrogen and oxygen atoms in total. The minimum absolute atomic E-state index is 0.0570. The Morgan fingerprint density at radius 1 is 1.26 bits per heavy atom. The topological polar surface area (TPSA) is 68.4 Å². The third-order valence-electron chi connectivity index (χ3n) is 3.85. The van der Waals surface area contributed by atoms with E-state index in [9.17, 15) is 4.39 Å². The molecule has 1 atom stereocenters. The van der Waals surface area contributed by atoms with Crippen molar-refractivity contribution >= 4 is 11.5 Å². The van der Waals surface area contributed by atoms with Gasteiger partial charge in [0.15, 0.2) is 11.5 Å². The molecule has 1 aliphatic rings. The molecular formula is C15H15FN6O. The number of hydrogen-bond acceptors (Lipinski definition) is 6. The van der Waals surface area contributed by atoms with E-state index in [0.717, 1.165) is 25.2 Å². The van der Waals surface area contributed by atoms with Crippen LogP contribution in [0.3, 0.4) is 0 Å². The van der Waals surface area contributed by atoms with Gasteiger partial charge in [0.05, 0.1) is 6.54 Å². The lowest BCUT2D eigenvalue weighted by Crippen LogP contribution is -2.42. The number of ether oxygens (including phenoxy) is 1. The molecule has 3 aromatic heterocycles. The Kier molecular flexibility index (Phi) is 3.49. The van der Waals surface area contributed by atoms with Crippen LogP contribution < -0.4 is 9.64 Å². The van der Waals surface area contributed by atoms with E-state index in [2.05, 4.69) is 25.2 Å². The number of halogens is 1. The van der Waals surface area contributed by atoms with Gasteiger partial charge in [0.2, 0.25) is 0 Å². The molecule has 0 N–H and O–H groups in total. The molecule has 0 aromatic carbocycles. The first-order chi connectivity index (χ1) is 11.3. The number of aromatic nitrogens is 5. The molecule has 4 heterocycles. The summed E-state index contributed by atoms with van der Waals surface area (Å²) in [5.41, 5.74) is 0.703. The highest BCUT2D eigenvalue weighted by atomic mass is 19.1. The van der Waals surface area contributed by atoms with Crippen molar-refractivity contribution in [2.45, 2.75) is 18.9 Å². The number of anilines is 1. The molecule has 0 aliphatic carbocycles. The summed E-state index contributed by atoms with van der Waals surface area (Å²) in [5, 5.41) is 12.3. The van der Waals surface area contributed by atoms with Gasteiger partial charge in [0, 0.05) is 12.7 Å². The van der Waals surface area contributed by atoms with Gasteiger partial charge in [-0.1, -0.05) is 0 Å². The summed E-state index contributed by atoms with van der Waals surface area (Å²) in [4.78, 5) is 6.07. The SMILES string of the molecule is Fc1cccnc1O[C@@H]1CCCN(c2ccc3nncn3n2)C1. The Bertz CT molecular complexity index is 822. The maximum absolute atomic E-state index is 13.7. The molecule has 1 fully saturated rings. The van der Waals surface area contributed by atoms with E-state index in [-0.39, 0.29) is 12.0 Å². The highest BCUT2D eigenvalue weighted by Gasteiger charge is 2.24. The second-order valence-corrected chi connectivity index (χ2v) is 5.44. The fraction of sp³-hybridized carbons (Fsp3) is 0.333. The normalized spacial score (nSPS) is 18.3. The van der Waals surface area contributed by atoms with Crippen molar-refractivity contribution in [1.29, 1.82) is 0 Å². The maximum Gasteiger partial charge on any atom is 0.250 e. The van der Waals surface area contributed by atoms with Crippen LogP contribution in [-0.2, 0) is 0 Å². The molecule has 4 rings (SSSR count). The van der Waals surface area contributed by atoms with Crippen LogP contribution in [0.2, 0.25) is 0 Å². The summed E-state index contributed by atoms with van der Waals surface area (Å²) in [6, 6.07) is 6.68.